The first-order valence-corrected chi connectivity index (χ1v) is 8.73. The summed E-state index contributed by atoms with van der Waals surface area (Å²) in [7, 11) is 0. The molecule has 0 radical (unpaired) electrons. The number of benzene rings is 1. The highest BCUT2D eigenvalue weighted by Gasteiger charge is 2.22. The van der Waals surface area contributed by atoms with Crippen molar-refractivity contribution < 1.29 is 4.74 Å². The number of ether oxygens (including phenoxy) is 1. The molecule has 0 aliphatic carbocycles. The summed E-state index contributed by atoms with van der Waals surface area (Å²) in [6, 6.07) is 11.1. The Morgan fingerprint density at radius 1 is 0.952 bits per heavy atom. The fraction of sp³-hybridized carbons (Fsp3) is 0.684. The molecule has 0 saturated heterocycles. The zero-order chi connectivity index (χ0) is 15.3. The lowest BCUT2D eigenvalue weighted by Gasteiger charge is -2.28. The molecule has 1 rings (SSSR count). The molecule has 0 saturated carbocycles. The van der Waals surface area contributed by atoms with Crippen LogP contribution in [0.5, 0.6) is 0 Å². The largest absolute Gasteiger partial charge is 0.372 e. The van der Waals surface area contributed by atoms with Gasteiger partial charge in [0.1, 0.15) is 0 Å². The van der Waals surface area contributed by atoms with Crippen LogP contribution in [0.15, 0.2) is 30.3 Å². The van der Waals surface area contributed by atoms with Crippen LogP contribution in [-0.4, -0.2) is 19.2 Å². The minimum absolute atomic E-state index is 0.169. The van der Waals surface area contributed by atoms with Gasteiger partial charge in [-0.15, -0.1) is 0 Å². The third-order valence-corrected chi connectivity index (χ3v) is 3.92. The summed E-state index contributed by atoms with van der Waals surface area (Å²) in [5.74, 6) is 0. The van der Waals surface area contributed by atoms with Crippen molar-refractivity contribution in [1.82, 2.24) is 5.32 Å². The average molecular weight is 291 g/mol. The van der Waals surface area contributed by atoms with E-state index in [4.69, 9.17) is 4.74 Å². The molecule has 0 aromatic heterocycles. The Morgan fingerprint density at radius 2 is 1.67 bits per heavy atom. The van der Waals surface area contributed by atoms with Gasteiger partial charge in [0.05, 0.1) is 6.10 Å². The highest BCUT2D eigenvalue weighted by atomic mass is 16.5. The van der Waals surface area contributed by atoms with E-state index in [1.807, 2.05) is 0 Å². The molecule has 1 aromatic rings. The molecule has 0 heterocycles. The van der Waals surface area contributed by atoms with E-state index in [0.29, 0.717) is 6.04 Å². The fourth-order valence-electron chi connectivity index (χ4n) is 2.86. The van der Waals surface area contributed by atoms with E-state index >= 15 is 0 Å². The van der Waals surface area contributed by atoms with Crippen LogP contribution in [0.25, 0.3) is 0 Å². The van der Waals surface area contributed by atoms with E-state index in [2.05, 4.69) is 56.4 Å². The van der Waals surface area contributed by atoms with Gasteiger partial charge in [0.15, 0.2) is 0 Å². The van der Waals surface area contributed by atoms with Crippen molar-refractivity contribution in [3.8, 4) is 0 Å². The van der Waals surface area contributed by atoms with Crippen molar-refractivity contribution in [3.63, 3.8) is 0 Å². The van der Waals surface area contributed by atoms with Crippen molar-refractivity contribution in [3.05, 3.63) is 35.9 Å². The van der Waals surface area contributed by atoms with Gasteiger partial charge >= 0.3 is 0 Å². The molecular weight excluding hydrogens is 258 g/mol. The lowest BCUT2D eigenvalue weighted by molar-refractivity contribution is 0.0306. The van der Waals surface area contributed by atoms with E-state index in [-0.39, 0.29) is 6.10 Å². The maximum Gasteiger partial charge on any atom is 0.0977 e. The second kappa shape index (κ2) is 11.8. The minimum atomic E-state index is 0.169. The molecule has 1 aromatic carbocycles. The Balaban J connectivity index is 2.60. The van der Waals surface area contributed by atoms with Crippen LogP contribution in [0.4, 0.5) is 0 Å². The molecule has 2 atom stereocenters. The normalized spacial score (nSPS) is 14.0. The summed E-state index contributed by atoms with van der Waals surface area (Å²) in [6.45, 7) is 8.29. The summed E-state index contributed by atoms with van der Waals surface area (Å²) in [5.41, 5.74) is 1.29. The van der Waals surface area contributed by atoms with Crippen molar-refractivity contribution in [1.29, 1.82) is 0 Å². The van der Waals surface area contributed by atoms with Gasteiger partial charge in [0.2, 0.25) is 0 Å². The van der Waals surface area contributed by atoms with Crippen LogP contribution in [0.1, 0.15) is 71.0 Å². The summed E-state index contributed by atoms with van der Waals surface area (Å²) in [4.78, 5) is 0. The zero-order valence-electron chi connectivity index (χ0n) is 14.1. The number of rotatable bonds is 12. The van der Waals surface area contributed by atoms with Gasteiger partial charge in [-0.05, 0) is 25.5 Å². The highest BCUT2D eigenvalue weighted by Crippen LogP contribution is 2.25. The highest BCUT2D eigenvalue weighted by molar-refractivity contribution is 5.19. The van der Waals surface area contributed by atoms with Crippen molar-refractivity contribution in [2.24, 2.45) is 0 Å². The van der Waals surface area contributed by atoms with Crippen LogP contribution >= 0.6 is 0 Å². The average Bonchev–Trinajstić information content (AvgIpc) is 2.52. The molecule has 0 aliphatic rings. The lowest BCUT2D eigenvalue weighted by Crippen LogP contribution is -2.36. The quantitative estimate of drug-likeness (QED) is 0.541. The maximum absolute atomic E-state index is 6.06. The van der Waals surface area contributed by atoms with Gasteiger partial charge < -0.3 is 10.1 Å². The summed E-state index contributed by atoms with van der Waals surface area (Å²) in [5, 5.41) is 3.63. The molecule has 0 aliphatic heterocycles. The Labute approximate surface area is 131 Å². The number of likely N-dealkylation sites (N-methyl/N-ethyl adjacent to an activating group) is 1. The van der Waals surface area contributed by atoms with Gasteiger partial charge in [-0.1, -0.05) is 76.3 Å². The standard InChI is InChI=1S/C19H33NO/c1-4-7-8-9-13-16-18(20-5-2)19(21-6-3)17-14-11-10-12-15-17/h10-12,14-15,18-20H,4-9,13,16H2,1-3H3. The van der Waals surface area contributed by atoms with Gasteiger partial charge in [-0.25, -0.2) is 0 Å². The smallest absolute Gasteiger partial charge is 0.0977 e. The van der Waals surface area contributed by atoms with Crippen molar-refractivity contribution >= 4 is 0 Å². The van der Waals surface area contributed by atoms with E-state index < -0.39 is 0 Å². The second-order valence-corrected chi connectivity index (χ2v) is 5.65. The lowest BCUT2D eigenvalue weighted by atomic mass is 9.96. The molecule has 0 spiro atoms. The Morgan fingerprint density at radius 3 is 2.29 bits per heavy atom. The molecular formula is C19H33NO. The van der Waals surface area contributed by atoms with E-state index in [9.17, 15) is 0 Å². The number of hydrogen-bond donors (Lipinski definition) is 1. The van der Waals surface area contributed by atoms with Crippen LogP contribution in [0, 0.1) is 0 Å². The maximum atomic E-state index is 6.06. The van der Waals surface area contributed by atoms with Gasteiger partial charge in [-0.2, -0.15) is 0 Å². The van der Waals surface area contributed by atoms with E-state index in [1.54, 1.807) is 0 Å². The number of hydrogen-bond acceptors (Lipinski definition) is 2. The molecule has 21 heavy (non-hydrogen) atoms. The Hall–Kier alpha value is -0.860. The molecule has 0 amide bonds. The molecule has 0 fully saturated rings. The first-order valence-electron chi connectivity index (χ1n) is 8.73. The summed E-state index contributed by atoms with van der Waals surface area (Å²) in [6.07, 6.45) is 8.01. The van der Waals surface area contributed by atoms with Gasteiger partial charge in [0, 0.05) is 12.6 Å². The molecule has 2 unspecified atom stereocenters. The fourth-order valence-corrected chi connectivity index (χ4v) is 2.86. The summed E-state index contributed by atoms with van der Waals surface area (Å²) >= 11 is 0. The predicted octanol–water partition coefficient (Wildman–Crippen LogP) is 5.10. The summed E-state index contributed by atoms with van der Waals surface area (Å²) < 4.78 is 6.06. The first kappa shape index (κ1) is 18.2. The number of nitrogens with one attached hydrogen (secondary N) is 1. The van der Waals surface area contributed by atoms with Crippen LogP contribution in [-0.2, 0) is 4.74 Å². The Kier molecular flexibility index (Phi) is 10.2. The van der Waals surface area contributed by atoms with Gasteiger partial charge in [-0.3, -0.25) is 0 Å². The van der Waals surface area contributed by atoms with Crippen molar-refractivity contribution in [2.45, 2.75) is 71.4 Å². The topological polar surface area (TPSA) is 21.3 Å². The zero-order valence-corrected chi connectivity index (χ0v) is 14.1. The second-order valence-electron chi connectivity index (χ2n) is 5.65. The first-order chi connectivity index (χ1) is 10.3. The van der Waals surface area contributed by atoms with Crippen molar-refractivity contribution in [2.75, 3.05) is 13.2 Å². The molecule has 1 N–H and O–H groups in total. The SMILES string of the molecule is CCCCCCCC(NCC)C(OCC)c1ccccc1. The number of unbranched alkanes of at least 4 members (excludes halogenated alkanes) is 4. The third kappa shape index (κ3) is 7.10. The van der Waals surface area contributed by atoms with Crippen LogP contribution in [0.2, 0.25) is 0 Å². The minimum Gasteiger partial charge on any atom is -0.372 e. The predicted molar refractivity (Wildman–Crippen MR) is 91.6 cm³/mol. The third-order valence-electron chi connectivity index (χ3n) is 3.92. The van der Waals surface area contributed by atoms with Crippen LogP contribution in [0.3, 0.4) is 0 Å². The van der Waals surface area contributed by atoms with E-state index in [1.165, 1.54) is 44.1 Å². The van der Waals surface area contributed by atoms with E-state index in [0.717, 1.165) is 13.2 Å². The molecule has 2 nitrogen and oxygen atoms in total. The molecule has 120 valence electrons. The monoisotopic (exact) mass is 291 g/mol. The molecule has 0 bridgehead atoms. The van der Waals surface area contributed by atoms with Gasteiger partial charge in [0.25, 0.3) is 0 Å². The molecule has 2 heteroatoms. The van der Waals surface area contributed by atoms with Crippen LogP contribution < -0.4 is 5.32 Å². The Bertz CT molecular complexity index is 339.